The smallest absolute Gasteiger partial charge is 0.257 e. The van der Waals surface area contributed by atoms with Gasteiger partial charge in [-0.1, -0.05) is 6.42 Å². The molecule has 11 heteroatoms. The highest BCUT2D eigenvalue weighted by Crippen LogP contribution is 2.28. The van der Waals surface area contributed by atoms with Gasteiger partial charge in [0.2, 0.25) is 10.0 Å². The lowest BCUT2D eigenvalue weighted by molar-refractivity contribution is 0.102. The average Bonchev–Trinajstić information content (AvgIpc) is 3.35. The molecule has 0 atom stereocenters. The Hall–Kier alpha value is -2.60. The molecule has 1 N–H and O–H groups in total. The van der Waals surface area contributed by atoms with Crippen LogP contribution in [0.15, 0.2) is 52.7 Å². The molecule has 2 aromatic carbocycles. The summed E-state index contributed by atoms with van der Waals surface area (Å²) < 4.78 is 37.8. The molecule has 8 nitrogen and oxygen atoms in total. The molecule has 4 rings (SSSR count). The standard InChI is InChI=1S/C25H29N3O5S3/c1-32-21-12-18(13-22(14-21)33-2)15-34-16-20-17-35-25(26-20)27-24(29)19-6-8-23(9-7-19)36(30,31)28-10-4-3-5-11-28/h6-9,12-14,17H,3-5,10-11,15-16H2,1-2H3,(H,26,27,29). The fraction of sp³-hybridized carbons (Fsp3) is 0.360. The van der Waals surface area contributed by atoms with Crippen molar-refractivity contribution in [1.29, 1.82) is 0 Å². The maximum atomic E-state index is 12.8. The van der Waals surface area contributed by atoms with Crippen molar-refractivity contribution in [2.75, 3.05) is 32.6 Å². The number of ether oxygens (including phenoxy) is 2. The first-order chi connectivity index (χ1) is 17.4. The van der Waals surface area contributed by atoms with Gasteiger partial charge >= 0.3 is 0 Å². The number of nitrogens with one attached hydrogen (secondary N) is 1. The van der Waals surface area contributed by atoms with Crippen molar-refractivity contribution in [3.8, 4) is 11.5 Å². The molecule has 192 valence electrons. The van der Waals surface area contributed by atoms with E-state index in [1.807, 2.05) is 23.6 Å². The van der Waals surface area contributed by atoms with E-state index in [2.05, 4.69) is 10.3 Å². The second-order valence-corrected chi connectivity index (χ2v) is 12.1. The van der Waals surface area contributed by atoms with Crippen molar-refractivity contribution in [3.63, 3.8) is 0 Å². The number of anilines is 1. The number of sulfonamides is 1. The average molecular weight is 548 g/mol. The summed E-state index contributed by atoms with van der Waals surface area (Å²) in [7, 11) is -0.267. The fourth-order valence-electron chi connectivity index (χ4n) is 3.86. The van der Waals surface area contributed by atoms with Gasteiger partial charge in [0.15, 0.2) is 5.13 Å². The number of hydrogen-bond donors (Lipinski definition) is 1. The van der Waals surface area contributed by atoms with Gasteiger partial charge in [-0.25, -0.2) is 13.4 Å². The summed E-state index contributed by atoms with van der Waals surface area (Å²) in [5.74, 6) is 2.63. The predicted molar refractivity (Wildman–Crippen MR) is 144 cm³/mol. The Kier molecular flexibility index (Phi) is 8.89. The van der Waals surface area contributed by atoms with Crippen molar-refractivity contribution in [2.45, 2.75) is 35.7 Å². The zero-order valence-corrected chi connectivity index (χ0v) is 22.7. The van der Waals surface area contributed by atoms with Crippen LogP contribution in [-0.4, -0.2) is 50.9 Å². The molecule has 1 aliphatic rings. The Labute approximate surface area is 220 Å². The van der Waals surface area contributed by atoms with Crippen LogP contribution in [0.4, 0.5) is 5.13 Å². The normalized spacial score (nSPS) is 14.4. The van der Waals surface area contributed by atoms with Crippen molar-refractivity contribution in [1.82, 2.24) is 9.29 Å². The number of piperidine rings is 1. The molecule has 0 radical (unpaired) electrons. The molecule has 3 aromatic rings. The van der Waals surface area contributed by atoms with E-state index < -0.39 is 10.0 Å². The van der Waals surface area contributed by atoms with E-state index in [0.29, 0.717) is 29.5 Å². The van der Waals surface area contributed by atoms with Gasteiger partial charge in [0.1, 0.15) is 11.5 Å². The van der Waals surface area contributed by atoms with E-state index >= 15 is 0 Å². The largest absolute Gasteiger partial charge is 0.497 e. The predicted octanol–water partition coefficient (Wildman–Crippen LogP) is 5.02. The summed E-state index contributed by atoms with van der Waals surface area (Å²) in [6.07, 6.45) is 2.81. The van der Waals surface area contributed by atoms with Crippen LogP contribution in [0.25, 0.3) is 0 Å². The lowest BCUT2D eigenvalue weighted by atomic mass is 10.2. The first-order valence-corrected chi connectivity index (χ1v) is 15.0. The topological polar surface area (TPSA) is 97.8 Å². The van der Waals surface area contributed by atoms with Gasteiger partial charge in [-0.15, -0.1) is 11.3 Å². The van der Waals surface area contributed by atoms with Gasteiger partial charge < -0.3 is 9.47 Å². The molecule has 1 saturated heterocycles. The van der Waals surface area contributed by atoms with Gasteiger partial charge in [-0.05, 0) is 54.8 Å². The summed E-state index contributed by atoms with van der Waals surface area (Å²) in [5, 5.41) is 5.23. The third-order valence-electron chi connectivity index (χ3n) is 5.77. The Morgan fingerprint density at radius 1 is 1.03 bits per heavy atom. The van der Waals surface area contributed by atoms with Crippen molar-refractivity contribution >= 4 is 44.2 Å². The first kappa shape index (κ1) is 26.5. The van der Waals surface area contributed by atoms with Crippen LogP contribution < -0.4 is 14.8 Å². The fourth-order valence-corrected chi connectivity index (χ4v) is 7.05. The quantitative estimate of drug-likeness (QED) is 0.381. The summed E-state index contributed by atoms with van der Waals surface area (Å²) in [5.41, 5.74) is 2.34. The summed E-state index contributed by atoms with van der Waals surface area (Å²) >= 11 is 3.06. The van der Waals surface area contributed by atoms with Crippen LogP contribution in [0.5, 0.6) is 11.5 Å². The number of methoxy groups -OCH3 is 2. The summed E-state index contributed by atoms with van der Waals surface area (Å²) in [6.45, 7) is 1.09. The third kappa shape index (κ3) is 6.58. The van der Waals surface area contributed by atoms with Crippen LogP contribution in [0.3, 0.4) is 0 Å². The Bertz CT molecular complexity index is 1260. The van der Waals surface area contributed by atoms with Crippen molar-refractivity contribution < 1.29 is 22.7 Å². The number of benzene rings is 2. The number of thiazole rings is 1. The summed E-state index contributed by atoms with van der Waals surface area (Å²) in [4.78, 5) is 17.4. The molecule has 0 unspecified atom stereocenters. The molecule has 1 aliphatic heterocycles. The molecule has 1 fully saturated rings. The van der Waals surface area contributed by atoms with E-state index in [-0.39, 0.29) is 10.8 Å². The second kappa shape index (κ2) is 12.1. The number of amides is 1. The number of aromatic nitrogens is 1. The van der Waals surface area contributed by atoms with E-state index in [4.69, 9.17) is 9.47 Å². The monoisotopic (exact) mass is 547 g/mol. The second-order valence-electron chi connectivity index (χ2n) is 8.30. The van der Waals surface area contributed by atoms with Crippen LogP contribution in [0.1, 0.15) is 40.9 Å². The number of thioether (sulfide) groups is 1. The van der Waals surface area contributed by atoms with Gasteiger partial charge in [-0.3, -0.25) is 10.1 Å². The zero-order chi connectivity index (χ0) is 25.5. The van der Waals surface area contributed by atoms with E-state index in [0.717, 1.165) is 47.8 Å². The Morgan fingerprint density at radius 3 is 2.33 bits per heavy atom. The molecule has 0 spiro atoms. The van der Waals surface area contributed by atoms with Crippen LogP contribution in [0, 0.1) is 0 Å². The van der Waals surface area contributed by atoms with E-state index in [1.54, 1.807) is 38.1 Å². The zero-order valence-electron chi connectivity index (χ0n) is 20.2. The highest BCUT2D eigenvalue weighted by Gasteiger charge is 2.26. The molecule has 0 aliphatic carbocycles. The van der Waals surface area contributed by atoms with Crippen molar-refractivity contribution in [3.05, 3.63) is 64.7 Å². The number of carbonyl (C=O) groups excluding carboxylic acids is 1. The lowest BCUT2D eigenvalue weighted by Gasteiger charge is -2.25. The summed E-state index contributed by atoms with van der Waals surface area (Å²) in [6, 6.07) is 11.9. The number of carbonyl (C=O) groups is 1. The van der Waals surface area contributed by atoms with Gasteiger partial charge in [0, 0.05) is 41.6 Å². The molecule has 0 bridgehead atoms. The van der Waals surface area contributed by atoms with Gasteiger partial charge in [0.25, 0.3) is 5.91 Å². The molecule has 2 heterocycles. The minimum atomic E-state index is -3.52. The Balaban J connectivity index is 1.31. The number of nitrogens with zero attached hydrogens (tertiary/aromatic N) is 2. The minimum absolute atomic E-state index is 0.211. The third-order valence-corrected chi connectivity index (χ3v) is 9.53. The first-order valence-electron chi connectivity index (χ1n) is 11.5. The maximum absolute atomic E-state index is 12.8. The maximum Gasteiger partial charge on any atom is 0.257 e. The van der Waals surface area contributed by atoms with E-state index in [9.17, 15) is 13.2 Å². The van der Waals surface area contributed by atoms with Crippen LogP contribution >= 0.6 is 23.1 Å². The van der Waals surface area contributed by atoms with Gasteiger partial charge in [-0.2, -0.15) is 16.1 Å². The molecule has 0 saturated carbocycles. The van der Waals surface area contributed by atoms with Crippen molar-refractivity contribution in [2.24, 2.45) is 0 Å². The van der Waals surface area contributed by atoms with E-state index in [1.165, 1.54) is 27.8 Å². The highest BCUT2D eigenvalue weighted by atomic mass is 32.2. The molecule has 1 aromatic heterocycles. The lowest BCUT2D eigenvalue weighted by Crippen LogP contribution is -2.35. The number of hydrogen-bond acceptors (Lipinski definition) is 8. The SMILES string of the molecule is COc1cc(CSCc2csc(NC(=O)c3ccc(S(=O)(=O)N4CCCCC4)cc3)n2)cc(OC)c1. The van der Waals surface area contributed by atoms with Gasteiger partial charge in [0.05, 0.1) is 24.8 Å². The minimum Gasteiger partial charge on any atom is -0.497 e. The molecule has 1 amide bonds. The number of rotatable bonds is 10. The Morgan fingerprint density at radius 2 is 1.69 bits per heavy atom. The molecule has 36 heavy (non-hydrogen) atoms. The highest BCUT2D eigenvalue weighted by molar-refractivity contribution is 7.97. The van der Waals surface area contributed by atoms with Crippen LogP contribution in [0.2, 0.25) is 0 Å². The molecular weight excluding hydrogens is 518 g/mol. The van der Waals surface area contributed by atoms with Crippen LogP contribution in [-0.2, 0) is 21.5 Å². The molecular formula is C25H29N3O5S3.